The van der Waals surface area contributed by atoms with Gasteiger partial charge in [0.25, 0.3) is 0 Å². The molecule has 3 saturated carbocycles. The van der Waals surface area contributed by atoms with Crippen molar-refractivity contribution in [1.29, 1.82) is 0 Å². The summed E-state index contributed by atoms with van der Waals surface area (Å²) in [7, 11) is 0. The van der Waals surface area contributed by atoms with Crippen molar-refractivity contribution in [3.05, 3.63) is 40.8 Å². The van der Waals surface area contributed by atoms with Gasteiger partial charge in [-0.3, -0.25) is 9.59 Å². The van der Waals surface area contributed by atoms with Crippen molar-refractivity contribution >= 4 is 28.6 Å². The molecule has 4 aliphatic rings. The van der Waals surface area contributed by atoms with E-state index in [0.29, 0.717) is 11.8 Å². The summed E-state index contributed by atoms with van der Waals surface area (Å²) in [6.07, 6.45) is -0.163. The largest absolute Gasteiger partial charge is 0.445 e. The monoisotopic (exact) mass is 567 g/mol. The number of thioether (sulfide) groups is 1. The van der Waals surface area contributed by atoms with Crippen LogP contribution >= 0.6 is 11.8 Å². The van der Waals surface area contributed by atoms with Crippen molar-refractivity contribution in [2.45, 2.75) is 77.4 Å². The van der Waals surface area contributed by atoms with Crippen molar-refractivity contribution in [1.82, 2.24) is 5.16 Å². The summed E-state index contributed by atoms with van der Waals surface area (Å²) in [5.74, 6) is -3.65. The molecule has 0 unspecified atom stereocenters. The third-order valence-electron chi connectivity index (χ3n) is 10.1. The van der Waals surface area contributed by atoms with Crippen LogP contribution in [0.15, 0.2) is 28.3 Å². The first-order valence-corrected chi connectivity index (χ1v) is 14.0. The van der Waals surface area contributed by atoms with E-state index in [0.717, 1.165) is 6.08 Å². The molecule has 0 saturated heterocycles. The van der Waals surface area contributed by atoms with Gasteiger partial charge < -0.3 is 14.4 Å². The van der Waals surface area contributed by atoms with Crippen LogP contribution in [0.4, 0.5) is 13.2 Å². The van der Waals surface area contributed by atoms with Crippen LogP contribution in [0.5, 0.6) is 0 Å². The number of hydrogen-bond donors (Lipinski definition) is 1. The van der Waals surface area contributed by atoms with Crippen LogP contribution in [0.2, 0.25) is 0 Å². The molecule has 39 heavy (non-hydrogen) atoms. The first kappa shape index (κ1) is 28.1. The van der Waals surface area contributed by atoms with Gasteiger partial charge in [0.05, 0.1) is 11.8 Å². The SMILES string of the molecule is Cc1noc(C)c1C(=O)O[C@@]1(C(=O)SCF)[C@H](C)C[C@H]2[C@@H]3C[C@H](F)C4=CC(=O)C=C[C@]4(C)[C@@]3(F)[C@@H](O)C[C@@]21C. The van der Waals surface area contributed by atoms with Crippen molar-refractivity contribution in [2.75, 3.05) is 6.01 Å². The van der Waals surface area contributed by atoms with Crippen LogP contribution in [0.25, 0.3) is 0 Å². The van der Waals surface area contributed by atoms with Gasteiger partial charge in [0.15, 0.2) is 17.1 Å². The smallest absolute Gasteiger partial charge is 0.344 e. The van der Waals surface area contributed by atoms with E-state index in [-0.39, 0.29) is 41.9 Å². The lowest BCUT2D eigenvalue weighted by molar-refractivity contribution is -0.221. The predicted octanol–water partition coefficient (Wildman–Crippen LogP) is 4.94. The number of nitrogens with zero attached hydrogens (tertiary/aromatic N) is 1. The van der Waals surface area contributed by atoms with E-state index in [2.05, 4.69) is 5.16 Å². The fourth-order valence-electron chi connectivity index (χ4n) is 8.35. The van der Waals surface area contributed by atoms with Gasteiger partial charge in [0.1, 0.15) is 23.5 Å². The molecule has 1 N–H and O–H groups in total. The van der Waals surface area contributed by atoms with Crippen molar-refractivity contribution in [3.63, 3.8) is 0 Å². The van der Waals surface area contributed by atoms with Gasteiger partial charge in [0.2, 0.25) is 5.12 Å². The van der Waals surface area contributed by atoms with Gasteiger partial charge in [-0.25, -0.2) is 18.0 Å². The Bertz CT molecular complexity index is 1290. The number of aliphatic hydroxyl groups is 1. The Morgan fingerprint density at radius 3 is 2.56 bits per heavy atom. The number of aliphatic hydroxyl groups excluding tert-OH is 1. The van der Waals surface area contributed by atoms with E-state index < -0.39 is 75.0 Å². The standard InChI is InChI=1S/C28H32F3NO6S/c1-13-8-17-18-10-20(30)19-9-16(33)6-7-25(19,4)27(18,31)21(34)11-26(17,5)28(13,24(36)39-12-29)37-23(35)22-14(2)32-38-15(22)3/h6-7,9,13,17-18,20-21,34H,8,10-12H2,1-5H3/t13-,17+,18+,20+,21+,25+,26+,27+,28-/m1/s1. The molecule has 11 heteroatoms. The van der Waals surface area contributed by atoms with Crippen molar-refractivity contribution < 1.29 is 41.9 Å². The van der Waals surface area contributed by atoms with Gasteiger partial charge in [-0.1, -0.05) is 25.1 Å². The molecule has 1 aromatic rings. The fraction of sp³-hybridized carbons (Fsp3) is 0.643. The maximum absolute atomic E-state index is 17.5. The summed E-state index contributed by atoms with van der Waals surface area (Å²) in [5.41, 5.74) is -6.98. The molecule has 1 heterocycles. The second kappa shape index (κ2) is 9.06. The molecule has 4 aliphatic carbocycles. The minimum Gasteiger partial charge on any atom is -0.445 e. The number of ketones is 1. The number of alkyl halides is 3. The first-order chi connectivity index (χ1) is 18.2. The first-order valence-electron chi connectivity index (χ1n) is 13.0. The Labute approximate surface area is 228 Å². The maximum Gasteiger partial charge on any atom is 0.344 e. The molecule has 0 bridgehead atoms. The van der Waals surface area contributed by atoms with E-state index in [1.807, 2.05) is 0 Å². The number of fused-ring (bicyclic) bond motifs is 5. The van der Waals surface area contributed by atoms with Crippen LogP contribution in [0.3, 0.4) is 0 Å². The van der Waals surface area contributed by atoms with E-state index in [1.54, 1.807) is 20.8 Å². The molecule has 0 aliphatic heterocycles. The number of rotatable bonds is 4. The molecule has 3 fully saturated rings. The minimum atomic E-state index is -2.36. The molecule has 0 amide bonds. The van der Waals surface area contributed by atoms with Crippen LogP contribution in [-0.2, 0) is 14.3 Å². The van der Waals surface area contributed by atoms with Gasteiger partial charge in [0, 0.05) is 22.7 Å². The molecular weight excluding hydrogens is 535 g/mol. The van der Waals surface area contributed by atoms with Gasteiger partial charge in [-0.2, -0.15) is 0 Å². The topological polar surface area (TPSA) is 107 Å². The molecule has 7 nitrogen and oxygen atoms in total. The second-order valence-corrected chi connectivity index (χ2v) is 12.7. The summed E-state index contributed by atoms with van der Waals surface area (Å²) in [5, 5.41) is 14.6. The number of halogens is 3. The Hall–Kier alpha value is -2.40. The highest BCUT2D eigenvalue weighted by Crippen LogP contribution is 2.72. The van der Waals surface area contributed by atoms with E-state index >= 15 is 8.78 Å². The van der Waals surface area contributed by atoms with Gasteiger partial charge >= 0.3 is 5.97 Å². The zero-order valence-corrected chi connectivity index (χ0v) is 23.2. The highest BCUT2D eigenvalue weighted by molar-refractivity contribution is 8.13. The normalized spacial score (nSPS) is 42.8. The molecule has 0 aromatic carbocycles. The number of aromatic nitrogens is 1. The molecule has 9 atom stereocenters. The molecule has 0 radical (unpaired) electrons. The Kier molecular flexibility index (Phi) is 6.53. The number of carbonyl (C=O) groups excluding carboxylic acids is 3. The summed E-state index contributed by atoms with van der Waals surface area (Å²) in [4.78, 5) is 39.3. The second-order valence-electron chi connectivity index (χ2n) is 11.9. The predicted molar refractivity (Wildman–Crippen MR) is 136 cm³/mol. The number of allylic oxidation sites excluding steroid dienone is 4. The average molecular weight is 568 g/mol. The van der Waals surface area contributed by atoms with E-state index in [1.165, 1.54) is 26.0 Å². The number of ether oxygens (including phenoxy) is 1. The molecule has 5 rings (SSSR count). The van der Waals surface area contributed by atoms with E-state index in [9.17, 15) is 23.9 Å². The van der Waals surface area contributed by atoms with Crippen LogP contribution in [0.1, 0.15) is 61.8 Å². The lowest BCUT2D eigenvalue weighted by atomic mass is 9.44. The highest BCUT2D eigenvalue weighted by Gasteiger charge is 2.78. The Morgan fingerprint density at radius 1 is 1.26 bits per heavy atom. The zero-order chi connectivity index (χ0) is 28.7. The zero-order valence-electron chi connectivity index (χ0n) is 22.4. The van der Waals surface area contributed by atoms with Crippen LogP contribution < -0.4 is 0 Å². The summed E-state index contributed by atoms with van der Waals surface area (Å²) in [6, 6.07) is -1.08. The third kappa shape index (κ3) is 3.47. The van der Waals surface area contributed by atoms with Crippen LogP contribution in [-0.4, -0.2) is 56.7 Å². The molecular formula is C28H32F3NO6S. The number of aryl methyl sites for hydroxylation is 2. The Balaban J connectivity index is 1.64. The highest BCUT2D eigenvalue weighted by atomic mass is 32.2. The maximum atomic E-state index is 17.5. The van der Waals surface area contributed by atoms with Gasteiger partial charge in [-0.15, -0.1) is 0 Å². The summed E-state index contributed by atoms with van der Waals surface area (Å²) in [6.45, 7) is 7.86. The van der Waals surface area contributed by atoms with Gasteiger partial charge in [-0.05, 0) is 75.4 Å². The third-order valence-corrected chi connectivity index (χ3v) is 10.8. The number of hydrogen-bond acceptors (Lipinski definition) is 8. The number of carbonyl (C=O) groups is 3. The summed E-state index contributed by atoms with van der Waals surface area (Å²) < 4.78 is 57.9. The molecule has 0 spiro atoms. The lowest BCUT2D eigenvalue weighted by Gasteiger charge is -2.63. The van der Waals surface area contributed by atoms with Crippen LogP contribution in [0, 0.1) is 42.4 Å². The lowest BCUT2D eigenvalue weighted by Crippen LogP contribution is -2.70. The number of esters is 1. The van der Waals surface area contributed by atoms with Crippen molar-refractivity contribution in [2.24, 2.45) is 28.6 Å². The molecule has 212 valence electrons. The molecule has 1 aromatic heterocycles. The van der Waals surface area contributed by atoms with Crippen molar-refractivity contribution in [3.8, 4) is 0 Å². The average Bonchev–Trinajstić information content (AvgIpc) is 3.31. The quantitative estimate of drug-likeness (QED) is 0.510. The summed E-state index contributed by atoms with van der Waals surface area (Å²) >= 11 is 0.352. The minimum absolute atomic E-state index is 0.0115. The fourth-order valence-corrected chi connectivity index (χ4v) is 9.14. The Morgan fingerprint density at radius 2 is 1.95 bits per heavy atom. The van der Waals surface area contributed by atoms with E-state index in [4.69, 9.17) is 9.26 Å².